The SMILES string of the molecule is C=C/C(OC)=C(/OC)N(C)C(C)N(C)/C=N\C(=C)/C=C\C. The summed E-state index contributed by atoms with van der Waals surface area (Å²) in [6.07, 6.45) is 7.10. The average Bonchev–Trinajstić information content (AvgIpc) is 2.48. The topological polar surface area (TPSA) is 37.3 Å². The molecular weight excluding hydrogens is 266 g/mol. The first-order valence-electron chi connectivity index (χ1n) is 6.68. The van der Waals surface area contributed by atoms with Gasteiger partial charge in [-0.3, -0.25) is 0 Å². The van der Waals surface area contributed by atoms with Gasteiger partial charge in [-0.05, 0) is 26.0 Å². The molecule has 0 radical (unpaired) electrons. The average molecular weight is 293 g/mol. The van der Waals surface area contributed by atoms with Gasteiger partial charge in [0.1, 0.15) is 6.17 Å². The van der Waals surface area contributed by atoms with Crippen molar-refractivity contribution >= 4 is 6.34 Å². The van der Waals surface area contributed by atoms with E-state index in [1.54, 1.807) is 26.6 Å². The molecular formula is C16H27N3O2. The molecule has 0 heterocycles. The van der Waals surface area contributed by atoms with Gasteiger partial charge in [-0.25, -0.2) is 4.99 Å². The second kappa shape index (κ2) is 9.69. The van der Waals surface area contributed by atoms with Crippen molar-refractivity contribution < 1.29 is 9.47 Å². The lowest BCUT2D eigenvalue weighted by Crippen LogP contribution is -2.42. The monoisotopic (exact) mass is 293 g/mol. The van der Waals surface area contributed by atoms with Gasteiger partial charge < -0.3 is 19.3 Å². The Morgan fingerprint density at radius 1 is 1.24 bits per heavy atom. The molecule has 0 bridgehead atoms. The number of hydrogen-bond acceptors (Lipinski definition) is 4. The van der Waals surface area contributed by atoms with Crippen LogP contribution in [0, 0.1) is 0 Å². The molecule has 118 valence electrons. The van der Waals surface area contributed by atoms with Gasteiger partial charge in [0.15, 0.2) is 5.76 Å². The van der Waals surface area contributed by atoms with E-state index in [1.165, 1.54) is 0 Å². The zero-order chi connectivity index (χ0) is 16.4. The summed E-state index contributed by atoms with van der Waals surface area (Å²) < 4.78 is 10.7. The number of allylic oxidation sites excluding steroid dienone is 3. The van der Waals surface area contributed by atoms with Gasteiger partial charge >= 0.3 is 0 Å². The van der Waals surface area contributed by atoms with E-state index in [0.29, 0.717) is 17.3 Å². The number of nitrogens with zero attached hydrogens (tertiary/aromatic N) is 3. The van der Waals surface area contributed by atoms with Crippen molar-refractivity contribution in [1.82, 2.24) is 9.80 Å². The molecule has 0 fully saturated rings. The number of hydrogen-bond donors (Lipinski definition) is 0. The fourth-order valence-electron chi connectivity index (χ4n) is 1.62. The van der Waals surface area contributed by atoms with Gasteiger partial charge in [-0.15, -0.1) is 0 Å². The molecule has 0 aromatic heterocycles. The van der Waals surface area contributed by atoms with Crippen LogP contribution in [-0.2, 0) is 9.47 Å². The number of rotatable bonds is 9. The van der Waals surface area contributed by atoms with E-state index in [1.807, 2.05) is 49.9 Å². The van der Waals surface area contributed by atoms with Crippen molar-refractivity contribution in [3.8, 4) is 0 Å². The van der Waals surface area contributed by atoms with Crippen LogP contribution in [-0.4, -0.2) is 50.6 Å². The van der Waals surface area contributed by atoms with E-state index in [9.17, 15) is 0 Å². The molecule has 5 heteroatoms. The van der Waals surface area contributed by atoms with E-state index in [0.717, 1.165) is 0 Å². The van der Waals surface area contributed by atoms with Gasteiger partial charge in [-0.1, -0.05) is 19.2 Å². The van der Waals surface area contributed by atoms with E-state index in [2.05, 4.69) is 18.2 Å². The number of aliphatic imine (C=N–C) groups is 1. The highest BCUT2D eigenvalue weighted by molar-refractivity contribution is 5.57. The zero-order valence-electron chi connectivity index (χ0n) is 14.0. The summed E-state index contributed by atoms with van der Waals surface area (Å²) in [6, 6.07) is 0. The molecule has 0 aliphatic rings. The Bertz CT molecular complexity index is 439. The minimum Gasteiger partial charge on any atom is -0.491 e. The summed E-state index contributed by atoms with van der Waals surface area (Å²) in [5, 5.41) is 0. The van der Waals surface area contributed by atoms with E-state index < -0.39 is 0 Å². The van der Waals surface area contributed by atoms with Gasteiger partial charge in [0.05, 0.1) is 26.3 Å². The molecule has 0 saturated heterocycles. The second-order valence-electron chi connectivity index (χ2n) is 4.43. The lowest BCUT2D eigenvalue weighted by molar-refractivity contribution is 0.0825. The molecule has 21 heavy (non-hydrogen) atoms. The van der Waals surface area contributed by atoms with Crippen molar-refractivity contribution in [2.24, 2.45) is 4.99 Å². The Morgan fingerprint density at radius 3 is 2.29 bits per heavy atom. The van der Waals surface area contributed by atoms with Crippen molar-refractivity contribution in [2.75, 3.05) is 28.3 Å². The van der Waals surface area contributed by atoms with Crippen molar-refractivity contribution in [1.29, 1.82) is 0 Å². The van der Waals surface area contributed by atoms with Gasteiger partial charge in [0.2, 0.25) is 5.88 Å². The predicted molar refractivity (Wildman–Crippen MR) is 88.7 cm³/mol. The van der Waals surface area contributed by atoms with Gasteiger partial charge in [-0.2, -0.15) is 0 Å². The third-order valence-electron chi connectivity index (χ3n) is 3.04. The highest BCUT2D eigenvalue weighted by Crippen LogP contribution is 2.15. The van der Waals surface area contributed by atoms with Crippen LogP contribution in [0.5, 0.6) is 0 Å². The van der Waals surface area contributed by atoms with Crippen LogP contribution in [0.2, 0.25) is 0 Å². The quantitative estimate of drug-likeness (QED) is 0.215. The molecule has 0 aliphatic heterocycles. The third kappa shape index (κ3) is 5.77. The normalized spacial score (nSPS) is 13.8. The fourth-order valence-corrected chi connectivity index (χ4v) is 1.62. The molecule has 5 nitrogen and oxygen atoms in total. The standard InChI is InChI=1S/C16H27N3O2/c1-9-11-13(3)17-12-18(5)14(4)19(6)16(21-8)15(10-2)20-7/h9-12,14H,2-3H2,1,4-8H3/b11-9-,16-15-,17-12-. The summed E-state index contributed by atoms with van der Waals surface area (Å²) in [5.41, 5.74) is 0.699. The second-order valence-corrected chi connectivity index (χ2v) is 4.43. The summed E-state index contributed by atoms with van der Waals surface area (Å²) in [4.78, 5) is 8.16. The maximum atomic E-state index is 5.40. The molecule has 0 aromatic rings. The minimum absolute atomic E-state index is 0.00667. The van der Waals surface area contributed by atoms with Crippen molar-refractivity contribution in [2.45, 2.75) is 20.0 Å². The Morgan fingerprint density at radius 2 is 1.86 bits per heavy atom. The molecule has 0 aromatic carbocycles. The predicted octanol–water partition coefficient (Wildman–Crippen LogP) is 2.96. The highest BCUT2D eigenvalue weighted by atomic mass is 16.5. The molecule has 0 spiro atoms. The third-order valence-corrected chi connectivity index (χ3v) is 3.04. The molecule has 0 aliphatic carbocycles. The lowest BCUT2D eigenvalue weighted by atomic mass is 10.4. The lowest BCUT2D eigenvalue weighted by Gasteiger charge is -2.33. The van der Waals surface area contributed by atoms with Crippen LogP contribution >= 0.6 is 0 Å². The van der Waals surface area contributed by atoms with E-state index >= 15 is 0 Å². The van der Waals surface area contributed by atoms with Crippen LogP contribution in [0.4, 0.5) is 0 Å². The van der Waals surface area contributed by atoms with Crippen LogP contribution in [0.1, 0.15) is 13.8 Å². The molecule has 0 amide bonds. The molecule has 0 rings (SSSR count). The summed E-state index contributed by atoms with van der Waals surface area (Å²) in [7, 11) is 7.03. The van der Waals surface area contributed by atoms with Crippen LogP contribution < -0.4 is 0 Å². The fraction of sp³-hybridized carbons (Fsp3) is 0.438. The van der Waals surface area contributed by atoms with Crippen LogP contribution in [0.3, 0.4) is 0 Å². The minimum atomic E-state index is 0.00667. The maximum absolute atomic E-state index is 5.40. The largest absolute Gasteiger partial charge is 0.491 e. The summed E-state index contributed by atoms with van der Waals surface area (Å²) in [6.45, 7) is 11.5. The highest BCUT2D eigenvalue weighted by Gasteiger charge is 2.19. The Balaban J connectivity index is 5.05. The van der Waals surface area contributed by atoms with Crippen molar-refractivity contribution in [3.63, 3.8) is 0 Å². The molecule has 1 atom stereocenters. The van der Waals surface area contributed by atoms with Crippen molar-refractivity contribution in [3.05, 3.63) is 48.7 Å². The Hall–Kier alpha value is -2.17. The Labute approximate surface area is 128 Å². The first-order chi connectivity index (χ1) is 9.92. The summed E-state index contributed by atoms with van der Waals surface area (Å²) in [5.74, 6) is 1.18. The Kier molecular flexibility index (Phi) is 8.69. The molecule has 0 N–H and O–H groups in total. The van der Waals surface area contributed by atoms with Crippen LogP contribution in [0.15, 0.2) is 53.7 Å². The number of methoxy groups -OCH3 is 2. The van der Waals surface area contributed by atoms with E-state index in [4.69, 9.17) is 9.47 Å². The molecule has 0 saturated carbocycles. The molecule has 1 unspecified atom stereocenters. The van der Waals surface area contributed by atoms with Gasteiger partial charge in [0.25, 0.3) is 0 Å². The van der Waals surface area contributed by atoms with E-state index in [-0.39, 0.29) is 6.17 Å². The zero-order valence-corrected chi connectivity index (χ0v) is 14.0. The van der Waals surface area contributed by atoms with Gasteiger partial charge in [0, 0.05) is 14.1 Å². The smallest absolute Gasteiger partial charge is 0.234 e. The first kappa shape index (κ1) is 18.8. The first-order valence-corrected chi connectivity index (χ1v) is 6.68. The van der Waals surface area contributed by atoms with Crippen LogP contribution in [0.25, 0.3) is 0 Å². The number of ether oxygens (including phenoxy) is 2. The summed E-state index contributed by atoms with van der Waals surface area (Å²) >= 11 is 0. The maximum Gasteiger partial charge on any atom is 0.234 e.